The van der Waals surface area contributed by atoms with Gasteiger partial charge in [-0.25, -0.2) is 4.39 Å². The second kappa shape index (κ2) is 4.05. The molecule has 0 radical (unpaired) electrons. The second-order valence-corrected chi connectivity index (χ2v) is 5.11. The number of rotatable bonds is 3. The number of halogens is 2. The predicted octanol–water partition coefficient (Wildman–Crippen LogP) is 3.36. The smallest absolute Gasteiger partial charge is 0.140 e. The SMILES string of the molecule is CC1CC1C(=O)Cc1ccc(Br)cc1F. The van der Waals surface area contributed by atoms with Gasteiger partial charge in [0.25, 0.3) is 0 Å². The number of carbonyl (C=O) groups is 1. The predicted molar refractivity (Wildman–Crippen MR) is 60.1 cm³/mol. The van der Waals surface area contributed by atoms with E-state index in [1.807, 2.05) is 0 Å². The molecule has 2 unspecified atom stereocenters. The van der Waals surface area contributed by atoms with Gasteiger partial charge in [0.05, 0.1) is 0 Å². The third kappa shape index (κ3) is 2.46. The standard InChI is InChI=1S/C12H12BrFO/c1-7-4-10(7)12(15)5-8-2-3-9(13)6-11(8)14/h2-3,6-7,10H,4-5H2,1H3. The van der Waals surface area contributed by atoms with Gasteiger partial charge in [0.15, 0.2) is 0 Å². The summed E-state index contributed by atoms with van der Waals surface area (Å²) in [5.41, 5.74) is 0.502. The third-order valence-corrected chi connectivity index (χ3v) is 3.40. The molecule has 0 bridgehead atoms. The summed E-state index contributed by atoms with van der Waals surface area (Å²) in [6.07, 6.45) is 1.20. The number of hydrogen-bond acceptors (Lipinski definition) is 1. The minimum Gasteiger partial charge on any atom is -0.299 e. The van der Waals surface area contributed by atoms with Crippen LogP contribution in [0.15, 0.2) is 22.7 Å². The minimum atomic E-state index is -0.300. The Labute approximate surface area is 96.8 Å². The Hall–Kier alpha value is -0.700. The molecule has 1 aliphatic rings. The van der Waals surface area contributed by atoms with E-state index in [4.69, 9.17) is 0 Å². The second-order valence-electron chi connectivity index (χ2n) is 4.20. The van der Waals surface area contributed by atoms with Crippen molar-refractivity contribution in [1.82, 2.24) is 0 Å². The van der Waals surface area contributed by atoms with Gasteiger partial charge in [-0.1, -0.05) is 28.9 Å². The first-order valence-corrected chi connectivity index (χ1v) is 5.84. The molecule has 3 heteroatoms. The van der Waals surface area contributed by atoms with Crippen LogP contribution in [0.25, 0.3) is 0 Å². The van der Waals surface area contributed by atoms with Crippen molar-refractivity contribution in [2.75, 3.05) is 0 Å². The van der Waals surface area contributed by atoms with Crippen LogP contribution in [0.3, 0.4) is 0 Å². The minimum absolute atomic E-state index is 0.170. The van der Waals surface area contributed by atoms with Gasteiger partial charge >= 0.3 is 0 Å². The molecule has 1 aromatic carbocycles. The summed E-state index contributed by atoms with van der Waals surface area (Å²) in [5, 5.41) is 0. The van der Waals surface area contributed by atoms with E-state index in [0.717, 1.165) is 6.42 Å². The van der Waals surface area contributed by atoms with E-state index in [1.165, 1.54) is 6.07 Å². The van der Waals surface area contributed by atoms with Crippen molar-refractivity contribution in [2.24, 2.45) is 11.8 Å². The lowest BCUT2D eigenvalue weighted by Crippen LogP contribution is -2.07. The van der Waals surface area contributed by atoms with Gasteiger partial charge in [-0.3, -0.25) is 4.79 Å². The van der Waals surface area contributed by atoms with Gasteiger partial charge < -0.3 is 0 Å². The normalized spacial score (nSPS) is 23.9. The largest absolute Gasteiger partial charge is 0.299 e. The highest BCUT2D eigenvalue weighted by molar-refractivity contribution is 9.10. The summed E-state index contributed by atoms with van der Waals surface area (Å²) in [4.78, 5) is 11.6. The average Bonchev–Trinajstić information content (AvgIpc) is 2.88. The Morgan fingerprint density at radius 1 is 1.60 bits per heavy atom. The van der Waals surface area contributed by atoms with Crippen molar-refractivity contribution >= 4 is 21.7 Å². The molecule has 1 nitrogen and oxygen atoms in total. The number of benzene rings is 1. The van der Waals surface area contributed by atoms with Crippen molar-refractivity contribution in [3.8, 4) is 0 Å². The highest BCUT2D eigenvalue weighted by Crippen LogP contribution is 2.39. The lowest BCUT2D eigenvalue weighted by atomic mass is 10.1. The molecule has 0 heterocycles. The Kier molecular flexibility index (Phi) is 2.91. The zero-order valence-corrected chi connectivity index (χ0v) is 10.1. The molecule has 0 saturated heterocycles. The Balaban J connectivity index is 2.07. The van der Waals surface area contributed by atoms with Crippen molar-refractivity contribution in [1.29, 1.82) is 0 Å². The topological polar surface area (TPSA) is 17.1 Å². The van der Waals surface area contributed by atoms with Crippen molar-refractivity contribution in [3.63, 3.8) is 0 Å². The maximum atomic E-state index is 13.4. The molecule has 1 aliphatic carbocycles. The van der Waals surface area contributed by atoms with Crippen LogP contribution in [0.4, 0.5) is 4.39 Å². The van der Waals surface area contributed by atoms with Gasteiger partial charge in [0, 0.05) is 16.8 Å². The van der Waals surface area contributed by atoms with E-state index < -0.39 is 0 Å². The number of hydrogen-bond donors (Lipinski definition) is 0. The molecule has 1 aromatic rings. The maximum Gasteiger partial charge on any atom is 0.140 e. The summed E-state index contributed by atoms with van der Waals surface area (Å²) in [5.74, 6) is 0.541. The fraction of sp³-hybridized carbons (Fsp3) is 0.417. The summed E-state index contributed by atoms with van der Waals surface area (Å²) in [6, 6.07) is 4.84. The zero-order valence-electron chi connectivity index (χ0n) is 8.47. The first-order valence-electron chi connectivity index (χ1n) is 5.04. The lowest BCUT2D eigenvalue weighted by Gasteiger charge is -2.02. The van der Waals surface area contributed by atoms with Gasteiger partial charge in [-0.05, 0) is 30.0 Å². The van der Waals surface area contributed by atoms with Crippen LogP contribution in [-0.2, 0) is 11.2 Å². The summed E-state index contributed by atoms with van der Waals surface area (Å²) >= 11 is 3.19. The fourth-order valence-corrected chi connectivity index (χ4v) is 2.09. The van der Waals surface area contributed by atoms with Crippen molar-refractivity contribution < 1.29 is 9.18 Å². The van der Waals surface area contributed by atoms with Gasteiger partial charge in [-0.15, -0.1) is 0 Å². The highest BCUT2D eigenvalue weighted by atomic mass is 79.9. The van der Waals surface area contributed by atoms with Gasteiger partial charge in [-0.2, -0.15) is 0 Å². The van der Waals surface area contributed by atoms with E-state index >= 15 is 0 Å². The summed E-state index contributed by atoms with van der Waals surface area (Å²) in [6.45, 7) is 2.06. The number of ketones is 1. The molecule has 0 aromatic heterocycles. The molecule has 0 spiro atoms. The molecule has 0 N–H and O–H groups in total. The maximum absolute atomic E-state index is 13.4. The van der Waals surface area contributed by atoms with E-state index in [-0.39, 0.29) is 23.9 Å². The number of carbonyl (C=O) groups excluding carboxylic acids is 1. The Morgan fingerprint density at radius 3 is 2.80 bits per heavy atom. The monoisotopic (exact) mass is 270 g/mol. The van der Waals surface area contributed by atoms with Crippen LogP contribution in [0, 0.1) is 17.7 Å². The van der Waals surface area contributed by atoms with E-state index in [9.17, 15) is 9.18 Å². The van der Waals surface area contributed by atoms with Crippen molar-refractivity contribution in [2.45, 2.75) is 19.8 Å². The molecule has 0 aliphatic heterocycles. The molecule has 15 heavy (non-hydrogen) atoms. The molecule has 2 rings (SSSR count). The van der Waals surface area contributed by atoms with Crippen molar-refractivity contribution in [3.05, 3.63) is 34.1 Å². The lowest BCUT2D eigenvalue weighted by molar-refractivity contribution is -0.119. The zero-order chi connectivity index (χ0) is 11.0. The molecule has 1 fully saturated rings. The average molecular weight is 271 g/mol. The first-order chi connectivity index (χ1) is 7.08. The van der Waals surface area contributed by atoms with Crippen LogP contribution >= 0.6 is 15.9 Å². The molecule has 1 saturated carbocycles. The van der Waals surface area contributed by atoms with Gasteiger partial charge in [0.1, 0.15) is 11.6 Å². The molecule has 0 amide bonds. The van der Waals surface area contributed by atoms with E-state index in [2.05, 4.69) is 22.9 Å². The summed E-state index contributed by atoms with van der Waals surface area (Å²) in [7, 11) is 0. The third-order valence-electron chi connectivity index (χ3n) is 2.90. The molecular weight excluding hydrogens is 259 g/mol. The molecule has 80 valence electrons. The van der Waals surface area contributed by atoms with Crippen LogP contribution in [0.2, 0.25) is 0 Å². The summed E-state index contributed by atoms with van der Waals surface area (Å²) < 4.78 is 14.1. The quantitative estimate of drug-likeness (QED) is 0.823. The molecular formula is C12H12BrFO. The van der Waals surface area contributed by atoms with E-state index in [1.54, 1.807) is 12.1 Å². The van der Waals surface area contributed by atoms with Crippen LogP contribution in [-0.4, -0.2) is 5.78 Å². The molecule has 2 atom stereocenters. The fourth-order valence-electron chi connectivity index (χ4n) is 1.75. The van der Waals surface area contributed by atoms with E-state index in [0.29, 0.717) is 16.0 Å². The van der Waals surface area contributed by atoms with Crippen LogP contribution in [0.5, 0.6) is 0 Å². The Morgan fingerprint density at radius 2 is 2.27 bits per heavy atom. The van der Waals surface area contributed by atoms with Gasteiger partial charge in [0.2, 0.25) is 0 Å². The highest BCUT2D eigenvalue weighted by Gasteiger charge is 2.38. The number of Topliss-reactive ketones (excluding diaryl/α,β-unsaturated/α-hetero) is 1. The van der Waals surface area contributed by atoms with Crippen LogP contribution < -0.4 is 0 Å². The first kappa shape index (κ1) is 10.8. The Bertz CT molecular complexity index is 403. The van der Waals surface area contributed by atoms with Crippen LogP contribution in [0.1, 0.15) is 18.9 Å².